The van der Waals surface area contributed by atoms with Gasteiger partial charge in [-0.1, -0.05) is 39.0 Å². The summed E-state index contributed by atoms with van der Waals surface area (Å²) in [6.07, 6.45) is 7.35. The predicted octanol–water partition coefficient (Wildman–Crippen LogP) is 3.12. The zero-order valence-corrected chi connectivity index (χ0v) is 10.6. The molecule has 0 fully saturated rings. The molecule has 0 atom stereocenters. The van der Waals surface area contributed by atoms with E-state index >= 15 is 0 Å². The van der Waals surface area contributed by atoms with Crippen LogP contribution < -0.4 is 0 Å². The Bertz CT molecular complexity index is 86.3. The summed E-state index contributed by atoms with van der Waals surface area (Å²) < 4.78 is 0. The van der Waals surface area contributed by atoms with Crippen molar-refractivity contribution >= 4 is 0 Å². The Morgan fingerprint density at radius 3 is 1.92 bits per heavy atom. The maximum atomic E-state index is 9.37. The van der Waals surface area contributed by atoms with Crippen LogP contribution in [-0.2, 0) is 21.1 Å². The monoisotopic (exact) mass is 256 g/mol. The van der Waals surface area contributed by atoms with Crippen molar-refractivity contribution in [3.63, 3.8) is 0 Å². The maximum absolute atomic E-state index is 9.37. The first-order valence-corrected chi connectivity index (χ1v) is 4.78. The summed E-state index contributed by atoms with van der Waals surface area (Å²) in [5, 5.41) is 9.37. The van der Waals surface area contributed by atoms with Crippen LogP contribution in [0, 0.1) is 0 Å². The summed E-state index contributed by atoms with van der Waals surface area (Å²) in [6.45, 7) is 5.98. The number of aliphatic hydroxyl groups is 1. The van der Waals surface area contributed by atoms with Crippen LogP contribution >= 0.6 is 0 Å². The molecule has 0 aliphatic heterocycles. The number of hydrogen-bond donors (Lipinski definition) is 1. The van der Waals surface area contributed by atoms with Gasteiger partial charge in [0.2, 0.25) is 0 Å². The van der Waals surface area contributed by atoms with Gasteiger partial charge in [0.1, 0.15) is 0 Å². The molecule has 0 radical (unpaired) electrons. The number of unbranched alkanes of at least 4 members (excludes halogenated alkanes) is 4. The van der Waals surface area contributed by atoms with Gasteiger partial charge in [0, 0.05) is 21.1 Å². The van der Waals surface area contributed by atoms with Crippen molar-refractivity contribution in [2.24, 2.45) is 0 Å². The Morgan fingerprint density at radius 1 is 1.00 bits per heavy atom. The zero-order chi connectivity index (χ0) is 8.74. The van der Waals surface area contributed by atoms with Gasteiger partial charge < -0.3 is 5.11 Å². The van der Waals surface area contributed by atoms with Crippen molar-refractivity contribution in [1.82, 2.24) is 0 Å². The average molecular weight is 254 g/mol. The third kappa shape index (κ3) is 13.3. The molecule has 0 aromatic rings. The zero-order valence-electron chi connectivity index (χ0n) is 8.60. The molecule has 0 aromatic carbocycles. The van der Waals surface area contributed by atoms with Crippen LogP contribution in [-0.4, -0.2) is 10.7 Å². The van der Waals surface area contributed by atoms with Gasteiger partial charge in [-0.3, -0.25) is 0 Å². The van der Waals surface area contributed by atoms with E-state index in [1.54, 1.807) is 0 Å². The first-order chi connectivity index (χ1) is 5.06. The third-order valence-corrected chi connectivity index (χ3v) is 1.89. The molecule has 0 bridgehead atoms. The van der Waals surface area contributed by atoms with Crippen molar-refractivity contribution in [3.8, 4) is 0 Å². The van der Waals surface area contributed by atoms with Crippen molar-refractivity contribution in [1.29, 1.82) is 0 Å². The van der Waals surface area contributed by atoms with Gasteiger partial charge in [0.05, 0.1) is 5.60 Å². The molecule has 1 N–H and O–H groups in total. The van der Waals surface area contributed by atoms with Crippen LogP contribution in [0.4, 0.5) is 0 Å². The summed E-state index contributed by atoms with van der Waals surface area (Å²) in [5.74, 6) is 0. The first kappa shape index (κ1) is 15.1. The molecule has 0 aliphatic rings. The minimum atomic E-state index is -0.452. The molecular formula is C10H22MoO. The van der Waals surface area contributed by atoms with E-state index in [0.717, 1.165) is 6.42 Å². The van der Waals surface area contributed by atoms with Crippen molar-refractivity contribution in [3.05, 3.63) is 0 Å². The van der Waals surface area contributed by atoms with E-state index in [2.05, 4.69) is 6.92 Å². The predicted molar refractivity (Wildman–Crippen MR) is 49.7 cm³/mol. The van der Waals surface area contributed by atoms with Crippen LogP contribution in [0.15, 0.2) is 0 Å². The van der Waals surface area contributed by atoms with Gasteiger partial charge in [-0.2, -0.15) is 0 Å². The molecule has 0 heterocycles. The molecule has 12 heavy (non-hydrogen) atoms. The van der Waals surface area contributed by atoms with Gasteiger partial charge in [0.25, 0.3) is 0 Å². The van der Waals surface area contributed by atoms with Crippen molar-refractivity contribution < 1.29 is 26.2 Å². The Balaban J connectivity index is 0. The van der Waals surface area contributed by atoms with E-state index < -0.39 is 5.60 Å². The van der Waals surface area contributed by atoms with Gasteiger partial charge in [-0.25, -0.2) is 0 Å². The van der Waals surface area contributed by atoms with E-state index in [9.17, 15) is 5.11 Å². The molecule has 1 nitrogen and oxygen atoms in total. The van der Waals surface area contributed by atoms with Gasteiger partial charge in [-0.15, -0.1) is 0 Å². The van der Waals surface area contributed by atoms with Crippen LogP contribution in [0.25, 0.3) is 0 Å². The quantitative estimate of drug-likeness (QED) is 0.570. The Kier molecular flexibility index (Phi) is 10.4. The van der Waals surface area contributed by atoms with E-state index in [-0.39, 0.29) is 21.1 Å². The van der Waals surface area contributed by atoms with Gasteiger partial charge in [0.15, 0.2) is 0 Å². The minimum Gasteiger partial charge on any atom is -0.390 e. The second-order valence-corrected chi connectivity index (χ2v) is 3.98. The van der Waals surface area contributed by atoms with Crippen LogP contribution in [0.3, 0.4) is 0 Å². The molecular weight excluding hydrogens is 232 g/mol. The fraction of sp³-hybridized carbons (Fsp3) is 1.00. The molecule has 0 spiro atoms. The second kappa shape index (κ2) is 8.26. The van der Waals surface area contributed by atoms with Gasteiger partial charge in [-0.05, 0) is 20.3 Å². The molecule has 0 rings (SSSR count). The summed E-state index contributed by atoms with van der Waals surface area (Å²) in [7, 11) is 0. The van der Waals surface area contributed by atoms with Crippen LogP contribution in [0.2, 0.25) is 0 Å². The maximum Gasteiger partial charge on any atom is 0.0591 e. The van der Waals surface area contributed by atoms with E-state index in [4.69, 9.17) is 0 Å². The molecule has 0 unspecified atom stereocenters. The summed E-state index contributed by atoms with van der Waals surface area (Å²) in [5.41, 5.74) is -0.452. The van der Waals surface area contributed by atoms with E-state index in [1.165, 1.54) is 32.1 Å². The SMILES string of the molecule is CCCCCCCC(C)(C)O.[Mo]. The van der Waals surface area contributed by atoms with Crippen LogP contribution in [0.1, 0.15) is 59.3 Å². The van der Waals surface area contributed by atoms with Crippen molar-refractivity contribution in [2.45, 2.75) is 64.9 Å². The fourth-order valence-corrected chi connectivity index (χ4v) is 1.16. The largest absolute Gasteiger partial charge is 0.390 e. The molecule has 0 saturated heterocycles. The Hall–Kier alpha value is 0.648. The summed E-state index contributed by atoms with van der Waals surface area (Å²) >= 11 is 0. The average Bonchev–Trinajstić information content (AvgIpc) is 1.85. The molecule has 0 aromatic heterocycles. The fourth-order valence-electron chi connectivity index (χ4n) is 1.16. The van der Waals surface area contributed by atoms with E-state index in [1.807, 2.05) is 13.8 Å². The summed E-state index contributed by atoms with van der Waals surface area (Å²) in [6, 6.07) is 0. The second-order valence-electron chi connectivity index (χ2n) is 3.98. The first-order valence-electron chi connectivity index (χ1n) is 4.78. The summed E-state index contributed by atoms with van der Waals surface area (Å²) in [4.78, 5) is 0. The molecule has 0 aliphatic carbocycles. The van der Waals surface area contributed by atoms with Crippen LogP contribution in [0.5, 0.6) is 0 Å². The molecule has 2 heteroatoms. The minimum absolute atomic E-state index is 0. The van der Waals surface area contributed by atoms with Gasteiger partial charge >= 0.3 is 0 Å². The number of rotatable bonds is 6. The molecule has 0 saturated carbocycles. The van der Waals surface area contributed by atoms with Crippen molar-refractivity contribution in [2.75, 3.05) is 0 Å². The normalized spacial score (nSPS) is 11.0. The number of hydrogen-bond acceptors (Lipinski definition) is 1. The smallest absolute Gasteiger partial charge is 0.0591 e. The third-order valence-electron chi connectivity index (χ3n) is 1.89. The standard InChI is InChI=1S/C10H22O.Mo/c1-4-5-6-7-8-9-10(2,3)11;/h11H,4-9H2,1-3H3;. The Labute approximate surface area is 91.2 Å². The molecule has 0 amide bonds. The topological polar surface area (TPSA) is 20.2 Å². The van der Waals surface area contributed by atoms with E-state index in [0.29, 0.717) is 0 Å². The molecule has 74 valence electrons. The Morgan fingerprint density at radius 2 is 1.50 bits per heavy atom.